The molecule has 0 N–H and O–H groups in total. The maximum absolute atomic E-state index is 12.8. The molecule has 3 aromatic rings. The Labute approximate surface area is 129 Å². The summed E-state index contributed by atoms with van der Waals surface area (Å²) >= 11 is 1.66. The van der Waals surface area contributed by atoms with Crippen molar-refractivity contribution < 1.29 is 4.52 Å². The van der Waals surface area contributed by atoms with Crippen LogP contribution in [0, 0.1) is 0 Å². The van der Waals surface area contributed by atoms with Crippen molar-refractivity contribution in [2.75, 3.05) is 0 Å². The Morgan fingerprint density at radius 3 is 3.14 bits per heavy atom. The van der Waals surface area contributed by atoms with Gasteiger partial charge in [0, 0.05) is 10.8 Å². The summed E-state index contributed by atoms with van der Waals surface area (Å²) < 4.78 is 6.84. The van der Waals surface area contributed by atoms with Crippen LogP contribution < -0.4 is 5.56 Å². The number of hydrogen-bond acceptors (Lipinski definition) is 6. The van der Waals surface area contributed by atoms with Crippen LogP contribution in [0.25, 0.3) is 10.2 Å². The van der Waals surface area contributed by atoms with Crippen molar-refractivity contribution in [3.05, 3.63) is 38.8 Å². The molecule has 2 aliphatic carbocycles. The van der Waals surface area contributed by atoms with Crippen molar-refractivity contribution in [2.45, 2.75) is 44.6 Å². The first-order chi connectivity index (χ1) is 10.8. The summed E-state index contributed by atoms with van der Waals surface area (Å²) in [5.41, 5.74) is 1.22. The highest BCUT2D eigenvalue weighted by molar-refractivity contribution is 7.18. The Morgan fingerprint density at radius 1 is 1.36 bits per heavy atom. The normalized spacial score (nSPS) is 17.3. The Balaban J connectivity index is 1.56. The molecule has 0 radical (unpaired) electrons. The minimum atomic E-state index is 0.0159. The average Bonchev–Trinajstić information content (AvgIpc) is 2.94. The zero-order valence-electron chi connectivity index (χ0n) is 11.9. The highest BCUT2D eigenvalue weighted by Crippen LogP contribution is 2.39. The molecule has 22 heavy (non-hydrogen) atoms. The minimum Gasteiger partial charge on any atom is -0.339 e. The second kappa shape index (κ2) is 4.49. The van der Waals surface area contributed by atoms with Crippen LogP contribution in [0.2, 0.25) is 0 Å². The van der Waals surface area contributed by atoms with Crippen molar-refractivity contribution in [1.82, 2.24) is 19.7 Å². The number of nitrogens with zero attached hydrogens (tertiary/aromatic N) is 4. The van der Waals surface area contributed by atoms with Gasteiger partial charge in [-0.15, -0.1) is 11.3 Å². The lowest BCUT2D eigenvalue weighted by molar-refractivity contribution is 0.373. The maximum Gasteiger partial charge on any atom is 0.262 e. The quantitative estimate of drug-likeness (QED) is 0.741. The number of hydrogen-bond donors (Lipinski definition) is 0. The average molecular weight is 314 g/mol. The van der Waals surface area contributed by atoms with E-state index in [1.165, 1.54) is 10.4 Å². The molecule has 1 fully saturated rings. The fraction of sp³-hybridized carbons (Fsp3) is 0.467. The van der Waals surface area contributed by atoms with E-state index in [4.69, 9.17) is 4.52 Å². The molecular weight excluding hydrogens is 300 g/mol. The molecule has 0 atom stereocenters. The van der Waals surface area contributed by atoms with E-state index in [0.29, 0.717) is 24.2 Å². The van der Waals surface area contributed by atoms with Gasteiger partial charge < -0.3 is 4.52 Å². The van der Waals surface area contributed by atoms with Gasteiger partial charge in [0.15, 0.2) is 5.82 Å². The van der Waals surface area contributed by atoms with Crippen molar-refractivity contribution in [3.63, 3.8) is 0 Å². The first-order valence-electron chi connectivity index (χ1n) is 7.62. The van der Waals surface area contributed by atoms with E-state index in [-0.39, 0.29) is 5.56 Å². The summed E-state index contributed by atoms with van der Waals surface area (Å²) in [6.07, 6.45) is 7.05. The van der Waals surface area contributed by atoms with Crippen LogP contribution in [-0.2, 0) is 19.4 Å². The zero-order valence-corrected chi connectivity index (χ0v) is 12.7. The summed E-state index contributed by atoms with van der Waals surface area (Å²) in [5, 5.41) is 4.78. The molecule has 5 rings (SSSR count). The molecule has 1 saturated carbocycles. The number of fused-ring (bicyclic) bond motifs is 3. The van der Waals surface area contributed by atoms with Gasteiger partial charge in [0.05, 0.1) is 18.3 Å². The third-order valence-electron chi connectivity index (χ3n) is 4.41. The molecule has 2 aliphatic rings. The van der Waals surface area contributed by atoms with Crippen LogP contribution in [0.1, 0.15) is 47.3 Å². The number of rotatable bonds is 3. The Morgan fingerprint density at radius 2 is 2.27 bits per heavy atom. The second-order valence-corrected chi connectivity index (χ2v) is 7.12. The molecule has 3 aromatic heterocycles. The molecule has 3 heterocycles. The van der Waals surface area contributed by atoms with Gasteiger partial charge in [-0.2, -0.15) is 4.98 Å². The lowest BCUT2D eigenvalue weighted by Gasteiger charge is -2.02. The first-order valence-corrected chi connectivity index (χ1v) is 8.43. The fourth-order valence-corrected chi connectivity index (χ4v) is 4.33. The van der Waals surface area contributed by atoms with E-state index in [0.717, 1.165) is 42.3 Å². The van der Waals surface area contributed by atoms with Crippen LogP contribution >= 0.6 is 11.3 Å². The predicted molar refractivity (Wildman–Crippen MR) is 81.3 cm³/mol. The molecule has 0 amide bonds. The molecule has 0 spiro atoms. The van der Waals surface area contributed by atoms with E-state index in [1.807, 2.05) is 0 Å². The summed E-state index contributed by atoms with van der Waals surface area (Å²) in [7, 11) is 0. The van der Waals surface area contributed by atoms with Crippen LogP contribution in [0.4, 0.5) is 0 Å². The third-order valence-corrected chi connectivity index (χ3v) is 5.61. The Kier molecular flexibility index (Phi) is 2.55. The SMILES string of the molecule is O=c1c2c3c(sc2ncn1Cc1noc(C2CC2)n1)CCC3. The monoisotopic (exact) mass is 314 g/mol. The van der Waals surface area contributed by atoms with Gasteiger partial charge in [-0.1, -0.05) is 5.16 Å². The Bertz CT molecular complexity index is 935. The van der Waals surface area contributed by atoms with Crippen molar-refractivity contribution in [2.24, 2.45) is 0 Å². The summed E-state index contributed by atoms with van der Waals surface area (Å²) in [5.74, 6) is 1.68. The van der Waals surface area contributed by atoms with Gasteiger partial charge in [0.2, 0.25) is 5.89 Å². The predicted octanol–water partition coefficient (Wildman–Crippen LogP) is 2.26. The van der Waals surface area contributed by atoms with Gasteiger partial charge >= 0.3 is 0 Å². The highest BCUT2D eigenvalue weighted by Gasteiger charge is 2.29. The summed E-state index contributed by atoms with van der Waals surface area (Å²) in [6.45, 7) is 0.322. The van der Waals surface area contributed by atoms with E-state index in [1.54, 1.807) is 22.2 Å². The van der Waals surface area contributed by atoms with Crippen molar-refractivity contribution in [1.29, 1.82) is 0 Å². The standard InChI is InChI=1S/C15H14N4O2S/c20-15-12-9-2-1-3-10(9)22-14(12)16-7-19(15)6-11-17-13(21-18-11)8-4-5-8/h7-8H,1-6H2. The topological polar surface area (TPSA) is 73.8 Å². The first kappa shape index (κ1) is 12.5. The van der Waals surface area contributed by atoms with Crippen LogP contribution in [-0.4, -0.2) is 19.7 Å². The third kappa shape index (κ3) is 1.85. The van der Waals surface area contributed by atoms with Crippen molar-refractivity contribution in [3.8, 4) is 0 Å². The van der Waals surface area contributed by atoms with Gasteiger partial charge in [0.1, 0.15) is 4.83 Å². The molecule has 0 unspecified atom stereocenters. The number of thiophene rings is 1. The fourth-order valence-electron chi connectivity index (χ4n) is 3.11. The lowest BCUT2D eigenvalue weighted by Crippen LogP contribution is -2.21. The van der Waals surface area contributed by atoms with E-state index < -0.39 is 0 Å². The molecule has 0 saturated heterocycles. The minimum absolute atomic E-state index is 0.0159. The van der Waals surface area contributed by atoms with Crippen LogP contribution in [0.5, 0.6) is 0 Å². The number of aryl methyl sites for hydroxylation is 2. The second-order valence-electron chi connectivity index (χ2n) is 6.04. The molecular formula is C15H14N4O2S. The zero-order chi connectivity index (χ0) is 14.7. The van der Waals surface area contributed by atoms with Crippen LogP contribution in [0.15, 0.2) is 15.6 Å². The summed E-state index contributed by atoms with van der Waals surface area (Å²) in [4.78, 5) is 23.8. The van der Waals surface area contributed by atoms with Crippen LogP contribution in [0.3, 0.4) is 0 Å². The molecule has 0 aliphatic heterocycles. The van der Waals surface area contributed by atoms with Gasteiger partial charge in [-0.05, 0) is 37.7 Å². The van der Waals surface area contributed by atoms with E-state index in [9.17, 15) is 4.79 Å². The largest absolute Gasteiger partial charge is 0.339 e. The van der Waals surface area contributed by atoms with Gasteiger partial charge in [-0.3, -0.25) is 9.36 Å². The smallest absolute Gasteiger partial charge is 0.262 e. The lowest BCUT2D eigenvalue weighted by atomic mass is 10.2. The van der Waals surface area contributed by atoms with Gasteiger partial charge in [-0.25, -0.2) is 4.98 Å². The van der Waals surface area contributed by atoms with Crippen molar-refractivity contribution >= 4 is 21.6 Å². The van der Waals surface area contributed by atoms with Gasteiger partial charge in [0.25, 0.3) is 5.56 Å². The summed E-state index contributed by atoms with van der Waals surface area (Å²) in [6, 6.07) is 0. The Hall–Kier alpha value is -2.02. The molecule has 7 heteroatoms. The van der Waals surface area contributed by atoms with E-state index in [2.05, 4.69) is 15.1 Å². The maximum atomic E-state index is 12.8. The molecule has 0 bridgehead atoms. The van der Waals surface area contributed by atoms with E-state index >= 15 is 0 Å². The number of aromatic nitrogens is 4. The molecule has 6 nitrogen and oxygen atoms in total. The molecule has 112 valence electrons. The highest BCUT2D eigenvalue weighted by atomic mass is 32.1. The molecule has 0 aromatic carbocycles.